The first-order valence-electron chi connectivity index (χ1n) is 11.3. The molecule has 1 aliphatic rings. The van der Waals surface area contributed by atoms with E-state index < -0.39 is 23.5 Å². The number of fused-ring (bicyclic) bond motifs is 3. The van der Waals surface area contributed by atoms with Crippen LogP contribution in [0.2, 0.25) is 0 Å². The predicted molar refractivity (Wildman–Crippen MR) is 133 cm³/mol. The lowest BCUT2D eigenvalue weighted by Crippen LogP contribution is -2.51. The van der Waals surface area contributed by atoms with E-state index in [1.54, 1.807) is 13.8 Å². The summed E-state index contributed by atoms with van der Waals surface area (Å²) < 4.78 is 5.53. The van der Waals surface area contributed by atoms with Crippen molar-refractivity contribution in [1.29, 1.82) is 0 Å². The van der Waals surface area contributed by atoms with Crippen molar-refractivity contribution >= 4 is 29.3 Å². The number of aryl methyl sites for hydroxylation is 1. The van der Waals surface area contributed by atoms with Gasteiger partial charge in [0.05, 0.1) is 6.54 Å². The molecule has 1 aromatic heterocycles. The summed E-state index contributed by atoms with van der Waals surface area (Å²) in [5.41, 5.74) is 3.35. The summed E-state index contributed by atoms with van der Waals surface area (Å²) in [6, 6.07) is 16.2. The third-order valence-electron chi connectivity index (χ3n) is 6.35. The molecule has 0 saturated carbocycles. The Labute approximate surface area is 207 Å². The van der Waals surface area contributed by atoms with Crippen LogP contribution in [0.3, 0.4) is 0 Å². The molecule has 35 heavy (non-hydrogen) atoms. The standard InChI is InChI=1S/C26H27N3O5S/c1-4-26(3,24(31)32)29-23(30)22-15(2)35-21(28-22)13-27-25(33)34-14-20-18-11-7-5-9-16(18)17-10-6-8-12-19(17)20/h5-12,20H,4,13-14H2,1-3H3,(H,27,33)(H,29,30)(H,31,32). The molecule has 0 bridgehead atoms. The minimum atomic E-state index is -1.38. The van der Waals surface area contributed by atoms with E-state index in [2.05, 4.69) is 39.9 Å². The number of ether oxygens (including phenoxy) is 1. The van der Waals surface area contributed by atoms with Gasteiger partial charge in [-0.05, 0) is 42.5 Å². The zero-order valence-corrected chi connectivity index (χ0v) is 20.6. The fraction of sp³-hybridized carbons (Fsp3) is 0.308. The maximum Gasteiger partial charge on any atom is 0.407 e. The number of thiazole rings is 1. The number of rotatable bonds is 8. The number of carboxylic acid groups (broad SMARTS) is 1. The van der Waals surface area contributed by atoms with Gasteiger partial charge in [0.15, 0.2) is 0 Å². The lowest BCUT2D eigenvalue weighted by molar-refractivity contribution is -0.143. The third-order valence-corrected chi connectivity index (χ3v) is 7.32. The van der Waals surface area contributed by atoms with Crippen molar-refractivity contribution in [1.82, 2.24) is 15.6 Å². The van der Waals surface area contributed by atoms with Crippen molar-refractivity contribution < 1.29 is 24.2 Å². The molecule has 0 spiro atoms. The lowest BCUT2D eigenvalue weighted by atomic mass is 9.98. The summed E-state index contributed by atoms with van der Waals surface area (Å²) >= 11 is 1.26. The number of carboxylic acids is 1. The van der Waals surface area contributed by atoms with Crippen LogP contribution in [0.1, 0.15) is 57.7 Å². The molecule has 1 unspecified atom stereocenters. The van der Waals surface area contributed by atoms with Crippen molar-refractivity contribution in [3.63, 3.8) is 0 Å². The first kappa shape index (κ1) is 24.4. The molecule has 2 amide bonds. The second kappa shape index (κ2) is 9.87. The smallest absolute Gasteiger partial charge is 0.407 e. The van der Waals surface area contributed by atoms with Gasteiger partial charge in [-0.1, -0.05) is 55.5 Å². The Morgan fingerprint density at radius 2 is 1.69 bits per heavy atom. The van der Waals surface area contributed by atoms with Gasteiger partial charge in [-0.25, -0.2) is 14.6 Å². The highest BCUT2D eigenvalue weighted by molar-refractivity contribution is 7.11. The van der Waals surface area contributed by atoms with Crippen molar-refractivity contribution in [2.24, 2.45) is 0 Å². The number of hydrogen-bond donors (Lipinski definition) is 3. The Hall–Kier alpha value is -3.72. The Morgan fingerprint density at radius 3 is 2.26 bits per heavy atom. The topological polar surface area (TPSA) is 118 Å². The molecule has 0 aliphatic heterocycles. The molecule has 8 nitrogen and oxygen atoms in total. The summed E-state index contributed by atoms with van der Waals surface area (Å²) in [7, 11) is 0. The van der Waals surface area contributed by atoms with Crippen molar-refractivity contribution in [2.75, 3.05) is 6.61 Å². The molecular weight excluding hydrogens is 466 g/mol. The molecule has 2 aromatic carbocycles. The van der Waals surface area contributed by atoms with Gasteiger partial charge < -0.3 is 20.5 Å². The maximum atomic E-state index is 12.6. The number of alkyl carbamates (subject to hydrolysis) is 1. The average Bonchev–Trinajstić information content (AvgIpc) is 3.38. The van der Waals surface area contributed by atoms with Gasteiger partial charge in [0, 0.05) is 10.8 Å². The number of nitrogens with zero attached hydrogens (tertiary/aromatic N) is 1. The van der Waals surface area contributed by atoms with Crippen molar-refractivity contribution in [3.8, 4) is 11.1 Å². The average molecular weight is 494 g/mol. The number of nitrogens with one attached hydrogen (secondary N) is 2. The summed E-state index contributed by atoms with van der Waals surface area (Å²) in [6.45, 7) is 5.17. The van der Waals surface area contributed by atoms with Crippen LogP contribution in [-0.2, 0) is 16.1 Å². The SMILES string of the molecule is CCC(C)(NC(=O)c1nc(CNC(=O)OCC2c3ccccc3-c3ccccc32)sc1C)C(=O)O. The van der Waals surface area contributed by atoms with Gasteiger partial charge >= 0.3 is 12.1 Å². The molecule has 0 saturated heterocycles. The minimum Gasteiger partial charge on any atom is -0.480 e. The zero-order chi connectivity index (χ0) is 25.2. The van der Waals surface area contributed by atoms with Crippen LogP contribution in [0, 0.1) is 6.92 Å². The van der Waals surface area contributed by atoms with Gasteiger partial charge in [-0.2, -0.15) is 0 Å². The van der Waals surface area contributed by atoms with Crippen molar-refractivity contribution in [2.45, 2.75) is 45.2 Å². The molecule has 1 aliphatic carbocycles. The van der Waals surface area contributed by atoms with E-state index >= 15 is 0 Å². The maximum absolute atomic E-state index is 12.6. The number of carbonyl (C=O) groups excluding carboxylic acids is 2. The number of aromatic nitrogens is 1. The van der Waals surface area contributed by atoms with E-state index in [0.717, 1.165) is 22.3 Å². The number of aliphatic carboxylic acids is 1. The molecule has 182 valence electrons. The predicted octanol–water partition coefficient (Wildman–Crippen LogP) is 4.47. The van der Waals surface area contributed by atoms with Crippen molar-refractivity contribution in [3.05, 3.63) is 75.2 Å². The summed E-state index contributed by atoms with van der Waals surface area (Å²) in [6.07, 6.45) is -0.344. The van der Waals surface area contributed by atoms with Gasteiger partial charge in [-0.15, -0.1) is 11.3 Å². The second-order valence-corrected chi connectivity index (χ2v) is 9.92. The van der Waals surface area contributed by atoms with E-state index in [4.69, 9.17) is 4.74 Å². The monoisotopic (exact) mass is 493 g/mol. The molecule has 0 radical (unpaired) electrons. The Kier molecular flexibility index (Phi) is 6.88. The van der Waals surface area contributed by atoms with Crippen LogP contribution in [0.4, 0.5) is 4.79 Å². The lowest BCUT2D eigenvalue weighted by Gasteiger charge is -2.24. The summed E-state index contributed by atoms with van der Waals surface area (Å²) in [4.78, 5) is 41.4. The normalized spacial score (nSPS) is 13.9. The minimum absolute atomic E-state index is 0.0346. The van der Waals surface area contributed by atoms with Crippen LogP contribution >= 0.6 is 11.3 Å². The van der Waals surface area contributed by atoms with Crippen LogP contribution in [0.5, 0.6) is 0 Å². The molecule has 1 atom stereocenters. The quantitative estimate of drug-likeness (QED) is 0.426. The van der Waals surface area contributed by atoms with E-state index in [1.165, 1.54) is 18.3 Å². The van der Waals surface area contributed by atoms with Crippen LogP contribution in [-0.4, -0.2) is 40.2 Å². The molecule has 3 aromatic rings. The Morgan fingerprint density at radius 1 is 1.09 bits per heavy atom. The van der Waals surface area contributed by atoms with E-state index in [-0.39, 0.29) is 31.2 Å². The number of benzene rings is 2. The van der Waals surface area contributed by atoms with Crippen LogP contribution < -0.4 is 10.6 Å². The Bertz CT molecular complexity index is 1240. The first-order chi connectivity index (χ1) is 16.7. The summed E-state index contributed by atoms with van der Waals surface area (Å²) in [5.74, 6) is -1.70. The van der Waals surface area contributed by atoms with Gasteiger partial charge in [0.2, 0.25) is 0 Å². The highest BCUT2D eigenvalue weighted by Crippen LogP contribution is 2.44. The molecule has 3 N–H and O–H groups in total. The van der Waals surface area contributed by atoms with Gasteiger partial charge in [-0.3, -0.25) is 4.79 Å². The number of carbonyl (C=O) groups is 3. The zero-order valence-electron chi connectivity index (χ0n) is 19.8. The van der Waals surface area contributed by atoms with E-state index in [1.807, 2.05) is 24.3 Å². The number of amides is 2. The largest absolute Gasteiger partial charge is 0.480 e. The third kappa shape index (κ3) is 4.90. The van der Waals surface area contributed by atoms with Gasteiger partial charge in [0.1, 0.15) is 22.8 Å². The summed E-state index contributed by atoms with van der Waals surface area (Å²) in [5, 5.41) is 15.1. The Balaban J connectivity index is 1.36. The molecule has 1 heterocycles. The van der Waals surface area contributed by atoms with E-state index in [9.17, 15) is 19.5 Å². The van der Waals surface area contributed by atoms with Crippen LogP contribution in [0.25, 0.3) is 11.1 Å². The molecule has 4 rings (SSSR count). The second-order valence-electron chi connectivity index (χ2n) is 8.64. The fourth-order valence-corrected chi connectivity index (χ4v) is 5.01. The highest BCUT2D eigenvalue weighted by atomic mass is 32.1. The number of hydrogen-bond acceptors (Lipinski definition) is 6. The van der Waals surface area contributed by atoms with Crippen LogP contribution in [0.15, 0.2) is 48.5 Å². The first-order valence-corrected chi connectivity index (χ1v) is 12.2. The molecule has 0 fully saturated rings. The molecular formula is C26H27N3O5S. The van der Waals surface area contributed by atoms with E-state index in [0.29, 0.717) is 9.88 Å². The molecule has 9 heteroatoms. The highest BCUT2D eigenvalue weighted by Gasteiger charge is 2.34. The fourth-order valence-electron chi connectivity index (χ4n) is 4.14. The van der Waals surface area contributed by atoms with Gasteiger partial charge in [0.25, 0.3) is 5.91 Å².